The maximum Gasteiger partial charge on any atom is 0.337 e. The minimum absolute atomic E-state index is 0.295. The van der Waals surface area contributed by atoms with E-state index in [4.69, 9.17) is 18.9 Å². The van der Waals surface area contributed by atoms with Gasteiger partial charge in [0.1, 0.15) is 12.0 Å². The molecule has 1 N–H and O–H groups in total. The standard InChI is InChI=1S/C15H16O7/c1-6(16)9-11-15(22-13(9)18)4-3-7-8(12(17)19-2)5-20-14(21-11)10(7)15/h3-7,9-11,14,16H,1-2H3/t6?,7-,9?,10-,11?,14-,15+/m1/s1. The van der Waals surface area contributed by atoms with Gasteiger partial charge >= 0.3 is 11.9 Å². The summed E-state index contributed by atoms with van der Waals surface area (Å²) in [5.74, 6) is -2.37. The van der Waals surface area contributed by atoms with Crippen molar-refractivity contribution in [3.63, 3.8) is 0 Å². The molecule has 22 heavy (non-hydrogen) atoms. The van der Waals surface area contributed by atoms with Crippen LogP contribution in [0.25, 0.3) is 0 Å². The van der Waals surface area contributed by atoms with Crippen LogP contribution in [-0.2, 0) is 28.5 Å². The molecule has 2 saturated heterocycles. The molecule has 3 unspecified atom stereocenters. The molecule has 0 saturated carbocycles. The number of rotatable bonds is 2. The SMILES string of the molecule is COC(=O)C1=CO[C@@H]2OC3C(C(C)O)C(=O)O[C@]34C=C[C@H]1[C@H]24. The van der Waals surface area contributed by atoms with E-state index in [0.717, 1.165) is 0 Å². The Bertz CT molecular complexity index is 607. The van der Waals surface area contributed by atoms with E-state index < -0.39 is 42.0 Å². The van der Waals surface area contributed by atoms with E-state index in [9.17, 15) is 14.7 Å². The number of ether oxygens (including phenoxy) is 4. The molecule has 0 aromatic rings. The topological polar surface area (TPSA) is 91.3 Å². The van der Waals surface area contributed by atoms with Gasteiger partial charge in [-0.3, -0.25) is 4.79 Å². The van der Waals surface area contributed by atoms with Gasteiger partial charge in [-0.1, -0.05) is 6.08 Å². The van der Waals surface area contributed by atoms with E-state index in [2.05, 4.69) is 0 Å². The summed E-state index contributed by atoms with van der Waals surface area (Å²) in [6.45, 7) is 1.53. The predicted octanol–water partition coefficient (Wildman–Crippen LogP) is -0.107. The van der Waals surface area contributed by atoms with Crippen LogP contribution in [0.3, 0.4) is 0 Å². The lowest BCUT2D eigenvalue weighted by atomic mass is 9.77. The Morgan fingerprint density at radius 2 is 2.27 bits per heavy atom. The van der Waals surface area contributed by atoms with Gasteiger partial charge < -0.3 is 24.1 Å². The summed E-state index contributed by atoms with van der Waals surface area (Å²) in [5.41, 5.74) is -0.612. The average molecular weight is 308 g/mol. The van der Waals surface area contributed by atoms with Gasteiger partial charge in [0.05, 0.1) is 31.0 Å². The molecule has 1 spiro atoms. The van der Waals surface area contributed by atoms with Crippen LogP contribution in [-0.4, -0.2) is 48.3 Å². The maximum atomic E-state index is 12.1. The first-order valence-corrected chi connectivity index (χ1v) is 7.19. The Hall–Kier alpha value is -1.86. The number of aliphatic hydroxyl groups excluding tert-OH is 1. The van der Waals surface area contributed by atoms with Crippen molar-refractivity contribution in [2.75, 3.05) is 7.11 Å². The van der Waals surface area contributed by atoms with Gasteiger partial charge in [-0.2, -0.15) is 0 Å². The number of aliphatic hydroxyl groups is 1. The summed E-state index contributed by atoms with van der Waals surface area (Å²) in [5, 5.41) is 9.87. The molecule has 3 aliphatic heterocycles. The van der Waals surface area contributed by atoms with Crippen molar-refractivity contribution in [2.45, 2.75) is 31.0 Å². The zero-order valence-electron chi connectivity index (χ0n) is 12.1. The smallest absolute Gasteiger partial charge is 0.337 e. The van der Waals surface area contributed by atoms with Crippen LogP contribution >= 0.6 is 0 Å². The summed E-state index contributed by atoms with van der Waals surface area (Å²) in [7, 11) is 1.30. The van der Waals surface area contributed by atoms with Crippen molar-refractivity contribution in [3.8, 4) is 0 Å². The zero-order valence-corrected chi connectivity index (χ0v) is 12.1. The average Bonchev–Trinajstić information content (AvgIpc) is 3.07. The first kappa shape index (κ1) is 13.8. The first-order chi connectivity index (χ1) is 10.5. The first-order valence-electron chi connectivity index (χ1n) is 7.19. The molecule has 118 valence electrons. The van der Waals surface area contributed by atoms with Crippen molar-refractivity contribution in [3.05, 3.63) is 24.0 Å². The molecule has 0 radical (unpaired) electrons. The summed E-state index contributed by atoms with van der Waals surface area (Å²) in [6, 6.07) is 0. The van der Waals surface area contributed by atoms with Crippen LogP contribution in [0.4, 0.5) is 0 Å². The Kier molecular flexibility index (Phi) is 2.71. The van der Waals surface area contributed by atoms with Gasteiger partial charge in [-0.15, -0.1) is 0 Å². The Morgan fingerprint density at radius 1 is 1.50 bits per heavy atom. The Labute approximate surface area is 126 Å². The third-order valence-electron chi connectivity index (χ3n) is 5.00. The van der Waals surface area contributed by atoms with Gasteiger partial charge in [0.2, 0.25) is 6.29 Å². The summed E-state index contributed by atoms with van der Waals surface area (Å²) in [6.07, 6.45) is 2.81. The number of hydrogen-bond donors (Lipinski definition) is 1. The van der Waals surface area contributed by atoms with Gasteiger partial charge in [0.15, 0.2) is 5.60 Å². The molecule has 0 amide bonds. The second-order valence-corrected chi connectivity index (χ2v) is 6.08. The van der Waals surface area contributed by atoms with Crippen molar-refractivity contribution >= 4 is 11.9 Å². The Morgan fingerprint density at radius 3 is 2.95 bits per heavy atom. The van der Waals surface area contributed by atoms with Crippen LogP contribution in [0.15, 0.2) is 24.0 Å². The van der Waals surface area contributed by atoms with Gasteiger partial charge in [-0.25, -0.2) is 4.79 Å². The zero-order chi connectivity index (χ0) is 15.6. The highest BCUT2D eigenvalue weighted by Crippen LogP contribution is 2.58. The molecule has 0 aromatic carbocycles. The molecule has 1 aliphatic carbocycles. The lowest BCUT2D eigenvalue weighted by Crippen LogP contribution is -2.44. The van der Waals surface area contributed by atoms with Crippen LogP contribution in [0, 0.1) is 17.8 Å². The minimum atomic E-state index is -0.985. The Balaban J connectivity index is 1.74. The second kappa shape index (κ2) is 4.33. The highest BCUT2D eigenvalue weighted by atomic mass is 16.7. The van der Waals surface area contributed by atoms with E-state index in [1.54, 1.807) is 6.08 Å². The van der Waals surface area contributed by atoms with Gasteiger partial charge in [0.25, 0.3) is 0 Å². The quantitative estimate of drug-likeness (QED) is 0.562. The van der Waals surface area contributed by atoms with E-state index in [1.807, 2.05) is 6.08 Å². The third-order valence-corrected chi connectivity index (χ3v) is 5.00. The van der Waals surface area contributed by atoms with Crippen molar-refractivity contribution < 1.29 is 33.6 Å². The van der Waals surface area contributed by atoms with E-state index in [-0.39, 0.29) is 11.8 Å². The third kappa shape index (κ3) is 1.47. The minimum Gasteiger partial charge on any atom is -0.471 e. The molecule has 7 atom stereocenters. The van der Waals surface area contributed by atoms with E-state index >= 15 is 0 Å². The van der Waals surface area contributed by atoms with Crippen LogP contribution in [0.1, 0.15) is 6.92 Å². The maximum absolute atomic E-state index is 12.1. The lowest BCUT2D eigenvalue weighted by molar-refractivity contribution is -0.166. The van der Waals surface area contributed by atoms with Crippen molar-refractivity contribution in [2.24, 2.45) is 17.8 Å². The number of hydrogen-bond acceptors (Lipinski definition) is 7. The number of carbonyl (C=O) groups excluding carboxylic acids is 2. The van der Waals surface area contributed by atoms with Crippen LogP contribution < -0.4 is 0 Å². The molecule has 0 bridgehead atoms. The highest BCUT2D eigenvalue weighted by molar-refractivity contribution is 5.90. The molecular weight excluding hydrogens is 292 g/mol. The second-order valence-electron chi connectivity index (χ2n) is 6.08. The van der Waals surface area contributed by atoms with Crippen molar-refractivity contribution in [1.82, 2.24) is 0 Å². The molecule has 7 heteroatoms. The number of methoxy groups -OCH3 is 1. The summed E-state index contributed by atoms with van der Waals surface area (Å²) >= 11 is 0. The largest absolute Gasteiger partial charge is 0.471 e. The molecular formula is C15H16O7. The lowest BCUT2D eigenvalue weighted by Gasteiger charge is -2.32. The highest BCUT2D eigenvalue weighted by Gasteiger charge is 2.72. The molecule has 7 nitrogen and oxygen atoms in total. The van der Waals surface area contributed by atoms with Crippen LogP contribution in [0.2, 0.25) is 0 Å². The van der Waals surface area contributed by atoms with Crippen LogP contribution in [0.5, 0.6) is 0 Å². The fraction of sp³-hybridized carbons (Fsp3) is 0.600. The van der Waals surface area contributed by atoms with Crippen molar-refractivity contribution in [1.29, 1.82) is 0 Å². The molecule has 4 aliphatic rings. The fourth-order valence-electron chi connectivity index (χ4n) is 4.04. The fourth-order valence-corrected chi connectivity index (χ4v) is 4.04. The van der Waals surface area contributed by atoms with Gasteiger partial charge in [0, 0.05) is 5.92 Å². The molecule has 2 fully saturated rings. The summed E-state index contributed by atoms with van der Waals surface area (Å²) in [4.78, 5) is 24.0. The number of esters is 2. The number of allylic oxidation sites excluding steroid dienone is 1. The predicted molar refractivity (Wildman–Crippen MR) is 70.0 cm³/mol. The monoisotopic (exact) mass is 308 g/mol. The normalized spacial score (nSPS) is 45.5. The van der Waals surface area contributed by atoms with E-state index in [0.29, 0.717) is 5.57 Å². The van der Waals surface area contributed by atoms with Gasteiger partial charge in [-0.05, 0) is 13.0 Å². The molecule has 0 aromatic heterocycles. The van der Waals surface area contributed by atoms with E-state index in [1.165, 1.54) is 20.3 Å². The molecule has 4 rings (SSSR count). The molecule has 3 heterocycles. The number of carbonyl (C=O) groups is 2. The summed E-state index contributed by atoms with van der Waals surface area (Å²) < 4.78 is 21.7.